The molecule has 1 saturated heterocycles. The van der Waals surface area contributed by atoms with Crippen molar-refractivity contribution in [1.82, 2.24) is 14.1 Å². The van der Waals surface area contributed by atoms with Gasteiger partial charge in [0, 0.05) is 62.5 Å². The van der Waals surface area contributed by atoms with Gasteiger partial charge in [-0.05, 0) is 67.1 Å². The van der Waals surface area contributed by atoms with Gasteiger partial charge in [-0.15, -0.1) is 0 Å². The highest BCUT2D eigenvalue weighted by Gasteiger charge is 2.26. The van der Waals surface area contributed by atoms with E-state index in [9.17, 15) is 13.2 Å². The number of nitrogens with zero attached hydrogens (tertiary/aromatic N) is 3. The van der Waals surface area contributed by atoms with E-state index in [1.807, 2.05) is 30.0 Å². The number of fused-ring (bicyclic) bond motifs is 1. The van der Waals surface area contributed by atoms with E-state index in [1.54, 1.807) is 30.3 Å². The maximum Gasteiger partial charge on any atom is 0.253 e. The predicted octanol–water partition coefficient (Wildman–Crippen LogP) is 4.25. The van der Waals surface area contributed by atoms with Crippen LogP contribution in [0.15, 0.2) is 65.6 Å². The SMILES string of the molecule is CCOc1ccc(C(=O)N2CCN(Cc3ccc4c(c3)OCO4)CC2)cc1CN(C)S(=O)(=O)c1ccc(Cl)cc1. The molecule has 0 saturated carbocycles. The lowest BCUT2D eigenvalue weighted by Crippen LogP contribution is -2.48. The number of benzene rings is 3. The van der Waals surface area contributed by atoms with E-state index in [-0.39, 0.29) is 24.1 Å². The minimum absolute atomic E-state index is 0.0464. The van der Waals surface area contributed by atoms with Crippen molar-refractivity contribution < 1.29 is 27.4 Å². The molecule has 9 nitrogen and oxygen atoms in total. The molecule has 0 atom stereocenters. The smallest absolute Gasteiger partial charge is 0.253 e. The standard InChI is InChI=1S/C29H32ClN3O6S/c1-3-37-26-11-5-22(17-23(26)19-31(2)40(35,36)25-8-6-24(30)7-9-25)29(34)33-14-12-32(13-15-33)18-21-4-10-27-28(16-21)39-20-38-27/h4-11,16-17H,3,12-15,18-20H2,1-2H3. The zero-order valence-corrected chi connectivity index (χ0v) is 24.1. The number of carbonyl (C=O) groups excluding carboxylic acids is 1. The molecule has 3 aromatic rings. The van der Waals surface area contributed by atoms with Gasteiger partial charge in [-0.1, -0.05) is 17.7 Å². The molecule has 1 amide bonds. The Bertz CT molecular complexity index is 1470. The third-order valence-corrected chi connectivity index (χ3v) is 9.09. The number of hydrogen-bond donors (Lipinski definition) is 0. The number of halogens is 1. The fraction of sp³-hybridized carbons (Fsp3) is 0.345. The Balaban J connectivity index is 1.25. The van der Waals surface area contributed by atoms with Crippen molar-refractivity contribution in [2.24, 2.45) is 0 Å². The van der Waals surface area contributed by atoms with Gasteiger partial charge in [-0.2, -0.15) is 4.31 Å². The summed E-state index contributed by atoms with van der Waals surface area (Å²) < 4.78 is 44.2. The summed E-state index contributed by atoms with van der Waals surface area (Å²) >= 11 is 5.93. The van der Waals surface area contributed by atoms with Crippen LogP contribution in [0.4, 0.5) is 0 Å². The van der Waals surface area contributed by atoms with Gasteiger partial charge >= 0.3 is 0 Å². The number of ether oxygens (including phenoxy) is 3. The highest BCUT2D eigenvalue weighted by molar-refractivity contribution is 7.89. The minimum atomic E-state index is -3.77. The fourth-order valence-corrected chi connectivity index (χ4v) is 6.11. The van der Waals surface area contributed by atoms with Crippen LogP contribution in [-0.4, -0.2) is 75.1 Å². The van der Waals surface area contributed by atoms with Gasteiger partial charge in [0.25, 0.3) is 5.91 Å². The Kier molecular flexibility index (Phi) is 8.51. The Labute approximate surface area is 239 Å². The summed E-state index contributed by atoms with van der Waals surface area (Å²) in [5.74, 6) is 1.99. The number of carbonyl (C=O) groups is 1. The maximum absolute atomic E-state index is 13.4. The van der Waals surface area contributed by atoms with Gasteiger partial charge in [-0.3, -0.25) is 9.69 Å². The van der Waals surface area contributed by atoms with Crippen LogP contribution >= 0.6 is 11.6 Å². The first-order valence-electron chi connectivity index (χ1n) is 13.1. The molecule has 11 heteroatoms. The van der Waals surface area contributed by atoms with Crippen molar-refractivity contribution in [1.29, 1.82) is 0 Å². The Morgan fingerprint density at radius 1 is 0.975 bits per heavy atom. The van der Waals surface area contributed by atoms with Crippen molar-refractivity contribution in [3.05, 3.63) is 82.4 Å². The van der Waals surface area contributed by atoms with Crippen molar-refractivity contribution in [2.75, 3.05) is 46.6 Å². The van der Waals surface area contributed by atoms with Crippen molar-refractivity contribution >= 4 is 27.5 Å². The lowest BCUT2D eigenvalue weighted by atomic mass is 10.1. The van der Waals surface area contributed by atoms with Crippen LogP contribution in [-0.2, 0) is 23.1 Å². The Hall–Kier alpha value is -3.31. The lowest BCUT2D eigenvalue weighted by molar-refractivity contribution is 0.0628. The maximum atomic E-state index is 13.4. The van der Waals surface area contributed by atoms with Gasteiger partial charge in [-0.25, -0.2) is 8.42 Å². The Morgan fingerprint density at radius 3 is 2.42 bits per heavy atom. The summed E-state index contributed by atoms with van der Waals surface area (Å²) in [6.45, 7) is 6.01. The van der Waals surface area contributed by atoms with Crippen LogP contribution < -0.4 is 14.2 Å². The molecular weight excluding hydrogens is 554 g/mol. The average molecular weight is 586 g/mol. The topological polar surface area (TPSA) is 88.6 Å². The molecule has 2 aliphatic rings. The van der Waals surface area contributed by atoms with Gasteiger partial charge < -0.3 is 19.1 Å². The van der Waals surface area contributed by atoms with E-state index >= 15 is 0 Å². The quantitative estimate of drug-likeness (QED) is 0.371. The summed E-state index contributed by atoms with van der Waals surface area (Å²) in [4.78, 5) is 17.7. The normalized spacial score (nSPS) is 15.4. The predicted molar refractivity (Wildman–Crippen MR) is 151 cm³/mol. The van der Waals surface area contributed by atoms with Gasteiger partial charge in [0.15, 0.2) is 11.5 Å². The Morgan fingerprint density at radius 2 is 1.70 bits per heavy atom. The van der Waals surface area contributed by atoms with Crippen LogP contribution in [0.3, 0.4) is 0 Å². The van der Waals surface area contributed by atoms with Crippen LogP contribution in [0, 0.1) is 0 Å². The van der Waals surface area contributed by atoms with E-state index in [2.05, 4.69) is 4.90 Å². The third-order valence-electron chi connectivity index (χ3n) is 7.02. The molecule has 0 aromatic heterocycles. The second-order valence-electron chi connectivity index (χ2n) is 9.73. The fourth-order valence-electron chi connectivity index (χ4n) is 4.83. The summed E-state index contributed by atoms with van der Waals surface area (Å²) in [5, 5.41) is 0.459. The van der Waals surface area contributed by atoms with E-state index in [4.69, 9.17) is 25.8 Å². The highest BCUT2D eigenvalue weighted by atomic mass is 35.5. The number of hydrogen-bond acceptors (Lipinski definition) is 7. The minimum Gasteiger partial charge on any atom is -0.494 e. The second-order valence-corrected chi connectivity index (χ2v) is 12.2. The van der Waals surface area contributed by atoms with Crippen LogP contribution in [0.5, 0.6) is 17.2 Å². The number of rotatable bonds is 9. The monoisotopic (exact) mass is 585 g/mol. The molecule has 0 bridgehead atoms. The molecule has 0 unspecified atom stereocenters. The molecule has 0 spiro atoms. The van der Waals surface area contributed by atoms with E-state index in [0.29, 0.717) is 41.6 Å². The van der Waals surface area contributed by atoms with Crippen molar-refractivity contribution in [2.45, 2.75) is 24.9 Å². The van der Waals surface area contributed by atoms with Crippen LogP contribution in [0.1, 0.15) is 28.4 Å². The molecular formula is C29H32ClN3O6S. The zero-order chi connectivity index (χ0) is 28.3. The van der Waals surface area contributed by atoms with E-state index < -0.39 is 10.0 Å². The van der Waals surface area contributed by atoms with Crippen LogP contribution in [0.25, 0.3) is 0 Å². The number of piperazine rings is 1. The lowest BCUT2D eigenvalue weighted by Gasteiger charge is -2.35. The molecule has 3 aromatic carbocycles. The first kappa shape index (κ1) is 28.2. The van der Waals surface area contributed by atoms with Gasteiger partial charge in [0.2, 0.25) is 16.8 Å². The molecule has 2 heterocycles. The number of sulfonamides is 1. The molecule has 5 rings (SSSR count). The van der Waals surface area contributed by atoms with E-state index in [1.165, 1.54) is 23.5 Å². The summed E-state index contributed by atoms with van der Waals surface area (Å²) in [6, 6.07) is 17.2. The van der Waals surface area contributed by atoms with Crippen molar-refractivity contribution in [3.63, 3.8) is 0 Å². The van der Waals surface area contributed by atoms with Gasteiger partial charge in [0.1, 0.15) is 5.75 Å². The molecule has 1 fully saturated rings. The molecule has 0 radical (unpaired) electrons. The molecule has 212 valence electrons. The summed E-state index contributed by atoms with van der Waals surface area (Å²) in [6.07, 6.45) is 0. The molecule has 0 aliphatic carbocycles. The van der Waals surface area contributed by atoms with Crippen LogP contribution in [0.2, 0.25) is 5.02 Å². The highest BCUT2D eigenvalue weighted by Crippen LogP contribution is 2.33. The molecule has 2 aliphatic heterocycles. The number of amides is 1. The average Bonchev–Trinajstić information content (AvgIpc) is 3.42. The summed E-state index contributed by atoms with van der Waals surface area (Å²) in [5.41, 5.74) is 2.26. The second kappa shape index (κ2) is 12.1. The van der Waals surface area contributed by atoms with E-state index in [0.717, 1.165) is 36.7 Å². The summed E-state index contributed by atoms with van der Waals surface area (Å²) in [7, 11) is -2.26. The zero-order valence-electron chi connectivity index (χ0n) is 22.5. The first-order chi connectivity index (χ1) is 19.2. The third kappa shape index (κ3) is 6.20. The first-order valence-corrected chi connectivity index (χ1v) is 14.9. The van der Waals surface area contributed by atoms with Gasteiger partial charge in [0.05, 0.1) is 11.5 Å². The van der Waals surface area contributed by atoms with Crippen molar-refractivity contribution in [3.8, 4) is 17.2 Å². The molecule has 40 heavy (non-hydrogen) atoms. The largest absolute Gasteiger partial charge is 0.494 e. The molecule has 0 N–H and O–H groups in total.